The van der Waals surface area contributed by atoms with Crippen LogP contribution in [0, 0.1) is 0 Å². The van der Waals surface area contributed by atoms with E-state index in [-0.39, 0.29) is 5.63 Å². The van der Waals surface area contributed by atoms with Crippen LogP contribution in [0.2, 0.25) is 0 Å². The first-order valence-electron chi connectivity index (χ1n) is 8.50. The number of hydrogen-bond donors (Lipinski definition) is 1. The second kappa shape index (κ2) is 6.09. The average Bonchev–Trinajstić information content (AvgIpc) is 3.00. The molecule has 0 bridgehead atoms. The molecule has 2 heterocycles. The van der Waals surface area contributed by atoms with Gasteiger partial charge in [0.2, 0.25) is 0 Å². The van der Waals surface area contributed by atoms with E-state index in [4.69, 9.17) is 9.40 Å². The van der Waals surface area contributed by atoms with Gasteiger partial charge in [0, 0.05) is 18.5 Å². The van der Waals surface area contributed by atoms with E-state index in [0.717, 1.165) is 22.1 Å². The van der Waals surface area contributed by atoms with Crippen molar-refractivity contribution in [1.29, 1.82) is 0 Å². The molecule has 5 nitrogen and oxygen atoms in total. The minimum Gasteiger partial charge on any atom is -0.422 e. The van der Waals surface area contributed by atoms with Gasteiger partial charge >= 0.3 is 5.63 Å². The molecule has 1 N–H and O–H groups in total. The van der Waals surface area contributed by atoms with Crippen molar-refractivity contribution in [3.8, 4) is 11.4 Å². The molecule has 4 rings (SSSR count). The van der Waals surface area contributed by atoms with Crippen LogP contribution in [0.25, 0.3) is 33.4 Å². The van der Waals surface area contributed by atoms with E-state index in [0.29, 0.717) is 30.1 Å². The number of aromatic nitrogens is 2. The van der Waals surface area contributed by atoms with Crippen LogP contribution in [0.4, 0.5) is 5.69 Å². The second-order valence-corrected chi connectivity index (χ2v) is 5.83. The van der Waals surface area contributed by atoms with E-state index in [1.54, 1.807) is 0 Å². The lowest BCUT2D eigenvalue weighted by atomic mass is 10.1. The first kappa shape index (κ1) is 15.4. The SMILES string of the molecule is CCNc1c(-c2nc3ccccc3n2CC)c(=O)oc2ccccc12. The molecule has 4 aromatic rings. The fourth-order valence-corrected chi connectivity index (χ4v) is 3.30. The number of imidazole rings is 1. The van der Waals surface area contributed by atoms with Crippen LogP contribution in [0.5, 0.6) is 0 Å². The summed E-state index contributed by atoms with van der Waals surface area (Å²) in [5.74, 6) is 0.638. The third kappa shape index (κ3) is 2.39. The summed E-state index contributed by atoms with van der Waals surface area (Å²) in [4.78, 5) is 17.5. The van der Waals surface area contributed by atoms with E-state index >= 15 is 0 Å². The molecule has 0 amide bonds. The Kier molecular flexibility index (Phi) is 3.76. The Bertz CT molecular complexity index is 1120. The van der Waals surface area contributed by atoms with Crippen molar-refractivity contribution in [1.82, 2.24) is 9.55 Å². The Morgan fingerprint density at radius 1 is 1.08 bits per heavy atom. The lowest BCUT2D eigenvalue weighted by Crippen LogP contribution is -2.13. The number of benzene rings is 2. The molecule has 0 atom stereocenters. The van der Waals surface area contributed by atoms with Gasteiger partial charge in [0.25, 0.3) is 0 Å². The summed E-state index contributed by atoms with van der Waals surface area (Å²) >= 11 is 0. The van der Waals surface area contributed by atoms with E-state index in [1.807, 2.05) is 62.4 Å². The van der Waals surface area contributed by atoms with Crippen molar-refractivity contribution in [2.24, 2.45) is 0 Å². The van der Waals surface area contributed by atoms with Crippen LogP contribution in [0.15, 0.2) is 57.7 Å². The molecule has 126 valence electrons. The minimum absolute atomic E-state index is 0.375. The number of anilines is 1. The molecular formula is C20H19N3O2. The third-order valence-corrected chi connectivity index (χ3v) is 4.36. The largest absolute Gasteiger partial charge is 0.422 e. The van der Waals surface area contributed by atoms with Crippen molar-refractivity contribution < 1.29 is 4.42 Å². The summed E-state index contributed by atoms with van der Waals surface area (Å²) in [6.07, 6.45) is 0. The zero-order valence-corrected chi connectivity index (χ0v) is 14.2. The van der Waals surface area contributed by atoms with Crippen molar-refractivity contribution in [2.45, 2.75) is 20.4 Å². The number of nitrogens with one attached hydrogen (secondary N) is 1. The van der Waals surface area contributed by atoms with Crippen LogP contribution < -0.4 is 10.9 Å². The zero-order valence-electron chi connectivity index (χ0n) is 14.2. The number of para-hydroxylation sites is 3. The molecule has 0 spiro atoms. The highest BCUT2D eigenvalue weighted by molar-refractivity contribution is 5.98. The highest BCUT2D eigenvalue weighted by Gasteiger charge is 2.21. The monoisotopic (exact) mass is 333 g/mol. The van der Waals surface area contributed by atoms with Crippen LogP contribution in [0.3, 0.4) is 0 Å². The standard InChI is InChI=1S/C20H19N3O2/c1-3-21-18-13-9-5-8-12-16(13)25-20(24)17(18)19-22-14-10-6-7-11-15(14)23(19)4-2/h5-12,21H,3-4H2,1-2H3. The first-order valence-corrected chi connectivity index (χ1v) is 8.50. The smallest absolute Gasteiger partial charge is 0.349 e. The van der Waals surface area contributed by atoms with Gasteiger partial charge in [-0.1, -0.05) is 24.3 Å². The highest BCUT2D eigenvalue weighted by atomic mass is 16.4. The topological polar surface area (TPSA) is 60.1 Å². The van der Waals surface area contributed by atoms with E-state index < -0.39 is 0 Å². The summed E-state index contributed by atoms with van der Waals surface area (Å²) in [6, 6.07) is 15.5. The normalized spacial score (nSPS) is 11.3. The molecule has 0 aliphatic heterocycles. The molecule has 5 heteroatoms. The molecule has 0 aliphatic carbocycles. The maximum Gasteiger partial charge on any atom is 0.349 e. The van der Waals surface area contributed by atoms with Crippen molar-refractivity contribution >= 4 is 27.7 Å². The average molecular weight is 333 g/mol. The number of aryl methyl sites for hydroxylation is 1. The molecule has 2 aromatic heterocycles. The van der Waals surface area contributed by atoms with Crippen molar-refractivity contribution in [2.75, 3.05) is 11.9 Å². The van der Waals surface area contributed by atoms with Gasteiger partial charge in [-0.05, 0) is 38.1 Å². The predicted octanol–water partition coefficient (Wildman–Crippen LogP) is 4.26. The molecule has 2 aromatic carbocycles. The minimum atomic E-state index is -0.375. The number of nitrogens with zero attached hydrogens (tertiary/aromatic N) is 2. The van der Waals surface area contributed by atoms with Crippen LogP contribution in [-0.2, 0) is 6.54 Å². The predicted molar refractivity (Wildman–Crippen MR) is 101 cm³/mol. The Morgan fingerprint density at radius 3 is 2.64 bits per heavy atom. The summed E-state index contributed by atoms with van der Waals surface area (Å²) in [6.45, 7) is 5.48. The Hall–Kier alpha value is -3.08. The quantitative estimate of drug-likeness (QED) is 0.567. The maximum absolute atomic E-state index is 12.8. The summed E-state index contributed by atoms with van der Waals surface area (Å²) in [5.41, 5.74) is 3.34. The van der Waals surface area contributed by atoms with Crippen molar-refractivity contribution in [3.63, 3.8) is 0 Å². The molecule has 25 heavy (non-hydrogen) atoms. The summed E-state index contributed by atoms with van der Waals surface area (Å²) in [5, 5.41) is 4.22. The third-order valence-electron chi connectivity index (χ3n) is 4.36. The van der Waals surface area contributed by atoms with Gasteiger partial charge in [-0.3, -0.25) is 0 Å². The second-order valence-electron chi connectivity index (χ2n) is 5.83. The summed E-state index contributed by atoms with van der Waals surface area (Å²) in [7, 11) is 0. The molecule has 0 radical (unpaired) electrons. The van der Waals surface area contributed by atoms with Gasteiger partial charge in [-0.15, -0.1) is 0 Å². The van der Waals surface area contributed by atoms with Gasteiger partial charge in [-0.2, -0.15) is 0 Å². The van der Waals surface area contributed by atoms with Gasteiger partial charge < -0.3 is 14.3 Å². The summed E-state index contributed by atoms with van der Waals surface area (Å²) < 4.78 is 7.63. The zero-order chi connectivity index (χ0) is 17.4. The first-order chi connectivity index (χ1) is 12.2. The molecule has 0 saturated heterocycles. The van der Waals surface area contributed by atoms with Crippen molar-refractivity contribution in [3.05, 3.63) is 59.0 Å². The lowest BCUT2D eigenvalue weighted by Gasteiger charge is -2.13. The lowest BCUT2D eigenvalue weighted by molar-refractivity contribution is 0.562. The van der Waals surface area contributed by atoms with Crippen LogP contribution in [0.1, 0.15) is 13.8 Å². The van der Waals surface area contributed by atoms with Crippen LogP contribution in [-0.4, -0.2) is 16.1 Å². The Balaban J connectivity index is 2.12. The van der Waals surface area contributed by atoms with Gasteiger partial charge in [0.05, 0.1) is 16.7 Å². The highest BCUT2D eigenvalue weighted by Crippen LogP contribution is 2.33. The number of rotatable bonds is 4. The molecular weight excluding hydrogens is 314 g/mol. The fourth-order valence-electron chi connectivity index (χ4n) is 3.30. The number of fused-ring (bicyclic) bond motifs is 2. The van der Waals surface area contributed by atoms with Gasteiger partial charge in [0.15, 0.2) is 5.82 Å². The Labute approximate surface area is 144 Å². The Morgan fingerprint density at radius 2 is 1.84 bits per heavy atom. The molecule has 0 fully saturated rings. The van der Waals surface area contributed by atoms with Gasteiger partial charge in [-0.25, -0.2) is 9.78 Å². The van der Waals surface area contributed by atoms with E-state index in [9.17, 15) is 4.79 Å². The number of hydrogen-bond acceptors (Lipinski definition) is 4. The maximum atomic E-state index is 12.8. The van der Waals surface area contributed by atoms with Gasteiger partial charge in [0.1, 0.15) is 11.1 Å². The van der Waals surface area contributed by atoms with E-state index in [1.165, 1.54) is 0 Å². The molecule has 0 saturated carbocycles. The van der Waals surface area contributed by atoms with E-state index in [2.05, 4.69) is 9.88 Å². The molecule has 0 aliphatic rings. The molecule has 0 unspecified atom stereocenters. The fraction of sp³-hybridized carbons (Fsp3) is 0.200. The van der Waals surface area contributed by atoms with Crippen LogP contribution >= 0.6 is 0 Å².